The molecule has 102 valence electrons. The molecule has 20 heavy (non-hydrogen) atoms. The number of hydrogen-bond donors (Lipinski definition) is 0. The Hall–Kier alpha value is -2.13. The molecule has 2 rings (SSSR count). The van der Waals surface area contributed by atoms with E-state index in [1.807, 2.05) is 0 Å². The second-order valence-corrected chi connectivity index (χ2v) is 4.70. The summed E-state index contributed by atoms with van der Waals surface area (Å²) in [6, 6.07) is 13.3. The lowest BCUT2D eigenvalue weighted by atomic mass is 10.0. The van der Waals surface area contributed by atoms with Crippen LogP contribution in [0.1, 0.15) is 27.1 Å². The van der Waals surface area contributed by atoms with Gasteiger partial charge in [0.15, 0.2) is 11.6 Å². The summed E-state index contributed by atoms with van der Waals surface area (Å²) in [6.45, 7) is 0. The SMILES string of the molecule is COc1ccc(C(=O)CC(=O)c2cccc(Cl)c2)cc1. The molecule has 0 heterocycles. The average Bonchev–Trinajstić information content (AvgIpc) is 2.47. The lowest BCUT2D eigenvalue weighted by Crippen LogP contribution is -2.08. The van der Waals surface area contributed by atoms with Gasteiger partial charge in [0, 0.05) is 16.1 Å². The van der Waals surface area contributed by atoms with E-state index in [2.05, 4.69) is 0 Å². The summed E-state index contributed by atoms with van der Waals surface area (Å²) in [7, 11) is 1.56. The highest BCUT2D eigenvalue weighted by Gasteiger charge is 2.14. The predicted octanol–water partition coefficient (Wildman–Crippen LogP) is 3.80. The normalized spacial score (nSPS) is 10.1. The van der Waals surface area contributed by atoms with E-state index >= 15 is 0 Å². The molecule has 0 N–H and O–H groups in total. The highest BCUT2D eigenvalue weighted by Crippen LogP contribution is 2.16. The Kier molecular flexibility index (Phi) is 4.53. The molecule has 0 aliphatic rings. The minimum absolute atomic E-state index is 0.174. The van der Waals surface area contributed by atoms with Crippen LogP contribution in [0.4, 0.5) is 0 Å². The van der Waals surface area contributed by atoms with Crippen molar-refractivity contribution in [3.05, 3.63) is 64.7 Å². The smallest absolute Gasteiger partial charge is 0.170 e. The summed E-state index contributed by atoms with van der Waals surface area (Å²) < 4.78 is 5.02. The van der Waals surface area contributed by atoms with Crippen molar-refractivity contribution >= 4 is 23.2 Å². The van der Waals surface area contributed by atoms with Crippen molar-refractivity contribution in [3.63, 3.8) is 0 Å². The number of halogens is 1. The molecule has 0 amide bonds. The van der Waals surface area contributed by atoms with E-state index in [0.29, 0.717) is 21.9 Å². The second-order valence-electron chi connectivity index (χ2n) is 4.26. The molecule has 0 aromatic heterocycles. The van der Waals surface area contributed by atoms with Crippen LogP contribution in [0, 0.1) is 0 Å². The molecule has 0 fully saturated rings. The molecule has 0 saturated heterocycles. The van der Waals surface area contributed by atoms with Crippen molar-refractivity contribution in [1.82, 2.24) is 0 Å². The van der Waals surface area contributed by atoms with Crippen LogP contribution >= 0.6 is 11.6 Å². The Balaban J connectivity index is 2.08. The fraction of sp³-hybridized carbons (Fsp3) is 0.125. The topological polar surface area (TPSA) is 43.4 Å². The number of ketones is 2. The number of carbonyl (C=O) groups is 2. The molecule has 0 bridgehead atoms. The van der Waals surface area contributed by atoms with E-state index in [0.717, 1.165) is 0 Å². The first kappa shape index (κ1) is 14.3. The van der Waals surface area contributed by atoms with Crippen molar-refractivity contribution in [2.24, 2.45) is 0 Å². The maximum absolute atomic E-state index is 12.0. The van der Waals surface area contributed by atoms with Crippen LogP contribution in [0.25, 0.3) is 0 Å². The van der Waals surface area contributed by atoms with Crippen molar-refractivity contribution in [1.29, 1.82) is 0 Å². The maximum Gasteiger partial charge on any atom is 0.170 e. The van der Waals surface area contributed by atoms with Gasteiger partial charge in [-0.1, -0.05) is 23.7 Å². The molecule has 0 spiro atoms. The highest BCUT2D eigenvalue weighted by atomic mass is 35.5. The first-order valence-electron chi connectivity index (χ1n) is 6.06. The van der Waals surface area contributed by atoms with Crippen LogP contribution in [0.15, 0.2) is 48.5 Å². The number of hydrogen-bond acceptors (Lipinski definition) is 3. The number of ether oxygens (including phenoxy) is 1. The Bertz CT molecular complexity index is 632. The van der Waals surface area contributed by atoms with Gasteiger partial charge < -0.3 is 4.74 Å². The molecule has 4 heteroatoms. The largest absolute Gasteiger partial charge is 0.497 e. The number of rotatable bonds is 5. The van der Waals surface area contributed by atoms with Gasteiger partial charge in [-0.15, -0.1) is 0 Å². The Morgan fingerprint density at radius 1 is 1.00 bits per heavy atom. The minimum atomic E-state index is -0.242. The quantitative estimate of drug-likeness (QED) is 0.621. The molecule has 2 aromatic carbocycles. The third kappa shape index (κ3) is 3.45. The summed E-state index contributed by atoms with van der Waals surface area (Å²) >= 11 is 5.82. The van der Waals surface area contributed by atoms with Crippen LogP contribution in [-0.4, -0.2) is 18.7 Å². The molecule has 0 aliphatic heterocycles. The van der Waals surface area contributed by atoms with E-state index in [-0.39, 0.29) is 18.0 Å². The van der Waals surface area contributed by atoms with Gasteiger partial charge >= 0.3 is 0 Å². The Morgan fingerprint density at radius 2 is 1.65 bits per heavy atom. The zero-order chi connectivity index (χ0) is 14.5. The highest BCUT2D eigenvalue weighted by molar-refractivity contribution is 6.31. The monoisotopic (exact) mass is 288 g/mol. The Morgan fingerprint density at radius 3 is 2.25 bits per heavy atom. The lowest BCUT2D eigenvalue weighted by Gasteiger charge is -2.03. The molecule has 0 atom stereocenters. The number of carbonyl (C=O) groups excluding carboxylic acids is 2. The first-order chi connectivity index (χ1) is 9.60. The molecule has 0 unspecified atom stereocenters. The summed E-state index contributed by atoms with van der Waals surface area (Å²) in [5.41, 5.74) is 0.931. The van der Waals surface area contributed by atoms with E-state index in [1.165, 1.54) is 0 Å². The third-order valence-electron chi connectivity index (χ3n) is 2.88. The van der Waals surface area contributed by atoms with Crippen LogP contribution in [0.3, 0.4) is 0 Å². The van der Waals surface area contributed by atoms with E-state index < -0.39 is 0 Å². The number of Topliss-reactive ketones (excluding diaryl/α,β-unsaturated/α-hetero) is 2. The van der Waals surface area contributed by atoms with Gasteiger partial charge in [0.05, 0.1) is 13.5 Å². The van der Waals surface area contributed by atoms with Gasteiger partial charge in [-0.25, -0.2) is 0 Å². The van der Waals surface area contributed by atoms with Gasteiger partial charge in [-0.3, -0.25) is 9.59 Å². The molecule has 3 nitrogen and oxygen atoms in total. The van der Waals surface area contributed by atoms with E-state index in [4.69, 9.17) is 16.3 Å². The maximum atomic E-state index is 12.0. The van der Waals surface area contributed by atoms with E-state index in [1.54, 1.807) is 55.6 Å². The summed E-state index contributed by atoms with van der Waals surface area (Å²) in [5, 5.41) is 0.479. The molecule has 0 radical (unpaired) electrons. The van der Waals surface area contributed by atoms with Gasteiger partial charge in [0.2, 0.25) is 0 Å². The third-order valence-corrected chi connectivity index (χ3v) is 3.11. The zero-order valence-corrected chi connectivity index (χ0v) is 11.7. The van der Waals surface area contributed by atoms with Crippen LogP contribution in [-0.2, 0) is 0 Å². The van der Waals surface area contributed by atoms with Gasteiger partial charge in [-0.2, -0.15) is 0 Å². The van der Waals surface area contributed by atoms with Gasteiger partial charge in [0.25, 0.3) is 0 Å². The number of methoxy groups -OCH3 is 1. The average molecular weight is 289 g/mol. The van der Waals surface area contributed by atoms with Gasteiger partial charge in [0.1, 0.15) is 5.75 Å². The van der Waals surface area contributed by atoms with Gasteiger partial charge in [-0.05, 0) is 36.4 Å². The predicted molar refractivity (Wildman–Crippen MR) is 77.7 cm³/mol. The summed E-state index contributed by atoms with van der Waals surface area (Å²) in [5.74, 6) is 0.202. The summed E-state index contributed by atoms with van der Waals surface area (Å²) in [6.07, 6.45) is -0.174. The fourth-order valence-corrected chi connectivity index (χ4v) is 1.98. The minimum Gasteiger partial charge on any atom is -0.497 e. The summed E-state index contributed by atoms with van der Waals surface area (Å²) in [4.78, 5) is 24.0. The van der Waals surface area contributed by atoms with Crippen LogP contribution in [0.2, 0.25) is 5.02 Å². The Labute approximate surface area is 122 Å². The van der Waals surface area contributed by atoms with Crippen LogP contribution in [0.5, 0.6) is 5.75 Å². The standard InChI is InChI=1S/C16H13ClO3/c1-20-14-7-5-11(6-8-14)15(18)10-16(19)12-3-2-4-13(17)9-12/h2-9H,10H2,1H3. The van der Waals surface area contributed by atoms with E-state index in [9.17, 15) is 9.59 Å². The van der Waals surface area contributed by atoms with Crippen molar-refractivity contribution in [2.45, 2.75) is 6.42 Å². The van der Waals surface area contributed by atoms with Crippen molar-refractivity contribution in [3.8, 4) is 5.75 Å². The first-order valence-corrected chi connectivity index (χ1v) is 6.44. The fourth-order valence-electron chi connectivity index (χ4n) is 1.79. The lowest BCUT2D eigenvalue weighted by molar-refractivity contribution is 0.0894. The molecule has 2 aromatic rings. The van der Waals surface area contributed by atoms with Crippen molar-refractivity contribution < 1.29 is 14.3 Å². The molecule has 0 aliphatic carbocycles. The van der Waals surface area contributed by atoms with Crippen LogP contribution < -0.4 is 4.74 Å². The number of benzene rings is 2. The second kappa shape index (κ2) is 6.35. The van der Waals surface area contributed by atoms with Crippen molar-refractivity contribution in [2.75, 3.05) is 7.11 Å². The zero-order valence-electron chi connectivity index (χ0n) is 10.9. The molecular weight excluding hydrogens is 276 g/mol. The molecular formula is C16H13ClO3. The molecule has 0 saturated carbocycles.